The first-order valence-electron chi connectivity index (χ1n) is 10.8. The van der Waals surface area contributed by atoms with E-state index in [2.05, 4.69) is 46.4 Å². The highest BCUT2D eigenvalue weighted by atomic mass is 35.5. The number of hydrogen-bond donors (Lipinski definition) is 1. The minimum Gasteiger partial charge on any atom is -0.353 e. The van der Waals surface area contributed by atoms with Crippen molar-refractivity contribution in [3.63, 3.8) is 0 Å². The fourth-order valence-corrected chi connectivity index (χ4v) is 4.63. The molecule has 0 radical (unpaired) electrons. The molecule has 1 fully saturated rings. The summed E-state index contributed by atoms with van der Waals surface area (Å²) < 4.78 is 2.25. The lowest BCUT2D eigenvalue weighted by molar-refractivity contribution is -0.121. The number of carbonyl (C=O) groups is 1. The van der Waals surface area contributed by atoms with Crippen LogP contribution in [0.4, 0.5) is 0 Å². The molecule has 1 aliphatic rings. The summed E-state index contributed by atoms with van der Waals surface area (Å²) in [5.41, 5.74) is 3.52. The van der Waals surface area contributed by atoms with Gasteiger partial charge in [0.15, 0.2) is 0 Å². The average molecular weight is 409 g/mol. The Balaban J connectivity index is 1.46. The smallest absolute Gasteiger partial charge is 0.220 e. The summed E-state index contributed by atoms with van der Waals surface area (Å²) in [7, 11) is 0. The molecule has 1 aliphatic carbocycles. The van der Waals surface area contributed by atoms with Crippen LogP contribution >= 0.6 is 11.6 Å². The number of amides is 1. The maximum atomic E-state index is 12.5. The Hall–Kier alpha value is -2.26. The van der Waals surface area contributed by atoms with E-state index in [9.17, 15) is 4.79 Å². The molecule has 4 heteroatoms. The lowest BCUT2D eigenvalue weighted by atomic mass is 10.1. The van der Waals surface area contributed by atoms with Crippen molar-refractivity contribution in [2.45, 2.75) is 64.0 Å². The summed E-state index contributed by atoms with van der Waals surface area (Å²) in [5.74, 6) is 0.180. The highest BCUT2D eigenvalue weighted by Gasteiger charge is 2.16. The van der Waals surface area contributed by atoms with Gasteiger partial charge in [-0.1, -0.05) is 73.7 Å². The zero-order chi connectivity index (χ0) is 20.1. The molecule has 1 N–H and O–H groups in total. The van der Waals surface area contributed by atoms with Crippen LogP contribution in [0.2, 0.25) is 5.02 Å². The van der Waals surface area contributed by atoms with Crippen LogP contribution in [0.15, 0.2) is 54.7 Å². The SMILES string of the molecule is O=C(CCc1cn(Cc2ccccc2Cl)c2ccccc12)NC1CCCCCC1. The molecular weight excluding hydrogens is 380 g/mol. The zero-order valence-corrected chi connectivity index (χ0v) is 17.6. The lowest BCUT2D eigenvalue weighted by Gasteiger charge is -2.16. The van der Waals surface area contributed by atoms with E-state index in [4.69, 9.17) is 11.6 Å². The number of hydrogen-bond acceptors (Lipinski definition) is 1. The molecule has 29 heavy (non-hydrogen) atoms. The van der Waals surface area contributed by atoms with Crippen LogP contribution in [-0.2, 0) is 17.8 Å². The number of para-hydroxylation sites is 1. The van der Waals surface area contributed by atoms with Crippen LogP contribution < -0.4 is 5.32 Å². The first kappa shape index (κ1) is 20.0. The summed E-state index contributed by atoms with van der Waals surface area (Å²) in [6.07, 6.45) is 10.8. The van der Waals surface area contributed by atoms with E-state index >= 15 is 0 Å². The number of fused-ring (bicyclic) bond motifs is 1. The standard InChI is InChI=1S/C25H29ClN2O/c26-23-13-7-5-9-20(23)18-28-17-19(22-12-6-8-14-24(22)28)15-16-25(29)27-21-10-3-1-2-4-11-21/h5-9,12-14,17,21H,1-4,10-11,15-16,18H2,(H,27,29). The van der Waals surface area contributed by atoms with Crippen LogP contribution in [-0.4, -0.2) is 16.5 Å². The summed E-state index contributed by atoms with van der Waals surface area (Å²) in [6, 6.07) is 16.8. The normalized spacial score (nSPS) is 15.3. The monoisotopic (exact) mass is 408 g/mol. The van der Waals surface area contributed by atoms with Gasteiger partial charge in [0.25, 0.3) is 0 Å². The third-order valence-electron chi connectivity index (χ3n) is 6.01. The minimum atomic E-state index is 0.180. The zero-order valence-electron chi connectivity index (χ0n) is 16.9. The Morgan fingerprint density at radius 3 is 2.48 bits per heavy atom. The maximum Gasteiger partial charge on any atom is 0.220 e. The largest absolute Gasteiger partial charge is 0.353 e. The Morgan fingerprint density at radius 1 is 0.966 bits per heavy atom. The molecule has 0 bridgehead atoms. The van der Waals surface area contributed by atoms with Crippen LogP contribution in [0.3, 0.4) is 0 Å². The fraction of sp³-hybridized carbons (Fsp3) is 0.400. The molecular formula is C25H29ClN2O. The topological polar surface area (TPSA) is 34.0 Å². The molecule has 0 saturated heterocycles. The van der Waals surface area contributed by atoms with Gasteiger partial charge in [-0.05, 0) is 42.5 Å². The molecule has 1 amide bonds. The van der Waals surface area contributed by atoms with Gasteiger partial charge < -0.3 is 9.88 Å². The minimum absolute atomic E-state index is 0.180. The second-order valence-electron chi connectivity index (χ2n) is 8.15. The van der Waals surface area contributed by atoms with E-state index in [1.54, 1.807) is 0 Å². The lowest BCUT2D eigenvalue weighted by Crippen LogP contribution is -2.34. The summed E-state index contributed by atoms with van der Waals surface area (Å²) in [6.45, 7) is 0.731. The van der Waals surface area contributed by atoms with Gasteiger partial charge in [-0.2, -0.15) is 0 Å². The predicted molar refractivity (Wildman–Crippen MR) is 120 cm³/mol. The van der Waals surface area contributed by atoms with E-state index in [0.717, 1.165) is 36.4 Å². The molecule has 3 nitrogen and oxygen atoms in total. The third kappa shape index (κ3) is 5.02. The number of nitrogens with one attached hydrogen (secondary N) is 1. The van der Waals surface area contributed by atoms with E-state index in [1.165, 1.54) is 42.1 Å². The fourth-order valence-electron chi connectivity index (χ4n) is 4.43. The summed E-state index contributed by atoms with van der Waals surface area (Å²) >= 11 is 6.37. The maximum absolute atomic E-state index is 12.5. The number of halogens is 1. The van der Waals surface area contributed by atoms with Crippen LogP contribution in [0.5, 0.6) is 0 Å². The van der Waals surface area contributed by atoms with Gasteiger partial charge >= 0.3 is 0 Å². The van der Waals surface area contributed by atoms with Crippen molar-refractivity contribution in [1.82, 2.24) is 9.88 Å². The van der Waals surface area contributed by atoms with Crippen LogP contribution in [0.25, 0.3) is 10.9 Å². The van der Waals surface area contributed by atoms with E-state index in [1.807, 2.05) is 18.2 Å². The van der Waals surface area contributed by atoms with Gasteiger partial charge in [0.2, 0.25) is 5.91 Å². The number of aryl methyl sites for hydroxylation is 1. The van der Waals surface area contributed by atoms with E-state index < -0.39 is 0 Å². The molecule has 152 valence electrons. The molecule has 3 aromatic rings. The first-order chi connectivity index (χ1) is 14.2. The summed E-state index contributed by atoms with van der Waals surface area (Å²) in [4.78, 5) is 12.5. The van der Waals surface area contributed by atoms with Crippen molar-refractivity contribution in [2.75, 3.05) is 0 Å². The Kier molecular flexibility index (Phi) is 6.56. The number of carbonyl (C=O) groups excluding carboxylic acids is 1. The molecule has 1 heterocycles. The molecule has 4 rings (SSSR count). The first-order valence-corrected chi connectivity index (χ1v) is 11.2. The number of nitrogens with zero attached hydrogens (tertiary/aromatic N) is 1. The average Bonchev–Trinajstić information content (AvgIpc) is 2.88. The Labute approximate surface area is 178 Å². The number of rotatable bonds is 6. The molecule has 1 saturated carbocycles. The number of benzene rings is 2. The molecule has 0 atom stereocenters. The second-order valence-corrected chi connectivity index (χ2v) is 8.55. The van der Waals surface area contributed by atoms with Gasteiger partial charge in [0.1, 0.15) is 0 Å². The van der Waals surface area contributed by atoms with Crippen molar-refractivity contribution in [3.05, 3.63) is 70.9 Å². The van der Waals surface area contributed by atoms with Crippen molar-refractivity contribution in [3.8, 4) is 0 Å². The second kappa shape index (κ2) is 9.49. The van der Waals surface area contributed by atoms with Crippen molar-refractivity contribution < 1.29 is 4.79 Å². The molecule has 2 aromatic carbocycles. The van der Waals surface area contributed by atoms with Gasteiger partial charge in [-0.3, -0.25) is 4.79 Å². The van der Waals surface area contributed by atoms with Crippen LogP contribution in [0.1, 0.15) is 56.1 Å². The quantitative estimate of drug-likeness (QED) is 0.490. The third-order valence-corrected chi connectivity index (χ3v) is 6.38. The highest BCUT2D eigenvalue weighted by molar-refractivity contribution is 6.31. The molecule has 0 aliphatic heterocycles. The Bertz CT molecular complexity index is 970. The Morgan fingerprint density at radius 2 is 1.69 bits per heavy atom. The van der Waals surface area contributed by atoms with Crippen molar-refractivity contribution in [2.24, 2.45) is 0 Å². The molecule has 1 aromatic heterocycles. The molecule has 0 unspecified atom stereocenters. The summed E-state index contributed by atoms with van der Waals surface area (Å²) in [5, 5.41) is 5.28. The number of aromatic nitrogens is 1. The predicted octanol–water partition coefficient (Wildman–Crippen LogP) is 6.11. The van der Waals surface area contributed by atoms with Gasteiger partial charge in [-0.25, -0.2) is 0 Å². The van der Waals surface area contributed by atoms with Crippen LogP contribution in [0, 0.1) is 0 Å². The molecule has 0 spiro atoms. The highest BCUT2D eigenvalue weighted by Crippen LogP contribution is 2.25. The van der Waals surface area contributed by atoms with Crippen molar-refractivity contribution >= 4 is 28.4 Å². The van der Waals surface area contributed by atoms with Gasteiger partial charge in [0, 0.05) is 41.1 Å². The van der Waals surface area contributed by atoms with Crippen molar-refractivity contribution in [1.29, 1.82) is 0 Å². The van der Waals surface area contributed by atoms with E-state index in [0.29, 0.717) is 12.5 Å². The van der Waals surface area contributed by atoms with Gasteiger partial charge in [-0.15, -0.1) is 0 Å². The van der Waals surface area contributed by atoms with E-state index in [-0.39, 0.29) is 5.91 Å². The van der Waals surface area contributed by atoms with Gasteiger partial charge in [0.05, 0.1) is 0 Å².